The summed E-state index contributed by atoms with van der Waals surface area (Å²) in [6.07, 6.45) is 0.677. The lowest BCUT2D eigenvalue weighted by molar-refractivity contribution is 0.624. The number of halogens is 1. The zero-order valence-corrected chi connectivity index (χ0v) is 10.6. The lowest BCUT2D eigenvalue weighted by Gasteiger charge is -2.12. The summed E-state index contributed by atoms with van der Waals surface area (Å²) in [4.78, 5) is 0.994. The fraction of sp³-hybridized carbons (Fsp3) is 0.333. The maximum atomic E-state index is 13.0. The van der Waals surface area contributed by atoms with Crippen LogP contribution in [0.2, 0.25) is 0 Å². The van der Waals surface area contributed by atoms with Crippen molar-refractivity contribution in [1.82, 2.24) is 9.59 Å². The largest absolute Gasteiger partial charge is 0.323 e. The van der Waals surface area contributed by atoms with E-state index >= 15 is 0 Å². The van der Waals surface area contributed by atoms with Gasteiger partial charge in [0.05, 0.1) is 10.6 Å². The minimum atomic E-state index is -0.213. The summed E-state index contributed by atoms with van der Waals surface area (Å²) in [6.45, 7) is 3.79. The minimum Gasteiger partial charge on any atom is -0.323 e. The van der Waals surface area contributed by atoms with E-state index in [1.54, 1.807) is 6.07 Å². The molecule has 0 aliphatic heterocycles. The van der Waals surface area contributed by atoms with Gasteiger partial charge in [0.25, 0.3) is 0 Å². The highest BCUT2D eigenvalue weighted by atomic mass is 32.1. The Balaban J connectivity index is 2.19. The molecule has 0 fully saturated rings. The molecule has 2 aromatic rings. The van der Waals surface area contributed by atoms with Crippen LogP contribution >= 0.6 is 11.5 Å². The van der Waals surface area contributed by atoms with Gasteiger partial charge in [0.15, 0.2) is 0 Å². The van der Waals surface area contributed by atoms with Crippen LogP contribution in [0.25, 0.3) is 0 Å². The van der Waals surface area contributed by atoms with E-state index < -0.39 is 0 Å². The molecule has 2 N–H and O–H groups in total. The van der Waals surface area contributed by atoms with E-state index in [2.05, 4.69) is 9.59 Å². The Kier molecular flexibility index (Phi) is 3.49. The average molecular weight is 251 g/mol. The predicted molar refractivity (Wildman–Crippen MR) is 66.4 cm³/mol. The van der Waals surface area contributed by atoms with Crippen molar-refractivity contribution in [2.24, 2.45) is 5.73 Å². The number of rotatable bonds is 3. The van der Waals surface area contributed by atoms with E-state index in [0.717, 1.165) is 21.7 Å². The van der Waals surface area contributed by atoms with Crippen LogP contribution in [0, 0.1) is 19.7 Å². The third-order valence-corrected chi connectivity index (χ3v) is 3.73. The van der Waals surface area contributed by atoms with Crippen molar-refractivity contribution in [2.75, 3.05) is 0 Å². The van der Waals surface area contributed by atoms with Gasteiger partial charge in [-0.1, -0.05) is 10.6 Å². The van der Waals surface area contributed by atoms with Crippen molar-refractivity contribution in [1.29, 1.82) is 0 Å². The number of nitrogens with two attached hydrogens (primary N) is 1. The highest BCUT2D eigenvalue weighted by Gasteiger charge is 2.14. The van der Waals surface area contributed by atoms with Crippen molar-refractivity contribution < 1.29 is 4.39 Å². The lowest BCUT2D eigenvalue weighted by atomic mass is 10.00. The van der Waals surface area contributed by atoms with Crippen LogP contribution in [0.3, 0.4) is 0 Å². The number of aryl methyl sites for hydroxylation is 2. The number of aromatic nitrogens is 2. The zero-order valence-electron chi connectivity index (χ0n) is 9.77. The summed E-state index contributed by atoms with van der Waals surface area (Å²) in [6, 6.07) is 4.65. The quantitative estimate of drug-likeness (QED) is 0.912. The summed E-state index contributed by atoms with van der Waals surface area (Å²) >= 11 is 1.33. The van der Waals surface area contributed by atoms with Crippen LogP contribution in [0.15, 0.2) is 18.2 Å². The summed E-state index contributed by atoms with van der Waals surface area (Å²) in [5.41, 5.74) is 8.98. The molecule has 90 valence electrons. The van der Waals surface area contributed by atoms with Gasteiger partial charge >= 0.3 is 0 Å². The number of hydrogen-bond acceptors (Lipinski definition) is 4. The third kappa shape index (κ3) is 2.68. The predicted octanol–water partition coefficient (Wildman–Crippen LogP) is 2.54. The van der Waals surface area contributed by atoms with Gasteiger partial charge in [-0.25, -0.2) is 4.39 Å². The monoisotopic (exact) mass is 251 g/mol. The Bertz CT molecular complexity index is 524. The summed E-state index contributed by atoms with van der Waals surface area (Å²) < 4.78 is 16.8. The van der Waals surface area contributed by atoms with Crippen LogP contribution in [0.4, 0.5) is 4.39 Å². The van der Waals surface area contributed by atoms with E-state index in [1.165, 1.54) is 23.7 Å². The van der Waals surface area contributed by atoms with Crippen LogP contribution in [0.5, 0.6) is 0 Å². The van der Waals surface area contributed by atoms with E-state index in [0.29, 0.717) is 6.42 Å². The molecular weight excluding hydrogens is 237 g/mol. The first-order chi connectivity index (χ1) is 8.08. The smallest absolute Gasteiger partial charge is 0.123 e. The standard InChI is InChI=1S/C12H14FN3S/c1-7-5-10(13)4-3-9(7)6-11(14)12-8(2)15-16-17-12/h3-5,11H,6,14H2,1-2H3. The molecule has 0 bridgehead atoms. The number of hydrogen-bond donors (Lipinski definition) is 1. The number of nitrogens with zero attached hydrogens (tertiary/aromatic N) is 2. The minimum absolute atomic E-state index is 0.126. The van der Waals surface area contributed by atoms with Gasteiger partial charge < -0.3 is 5.73 Å². The Morgan fingerprint density at radius 1 is 1.41 bits per heavy atom. The van der Waals surface area contributed by atoms with E-state index in [1.807, 2.05) is 13.8 Å². The van der Waals surface area contributed by atoms with Crippen molar-refractivity contribution in [2.45, 2.75) is 26.3 Å². The van der Waals surface area contributed by atoms with Crippen molar-refractivity contribution >= 4 is 11.5 Å². The van der Waals surface area contributed by atoms with Gasteiger partial charge in [0.2, 0.25) is 0 Å². The van der Waals surface area contributed by atoms with Gasteiger partial charge in [0.1, 0.15) is 5.82 Å². The Morgan fingerprint density at radius 3 is 2.76 bits per heavy atom. The molecule has 17 heavy (non-hydrogen) atoms. The third-order valence-electron chi connectivity index (χ3n) is 2.77. The highest BCUT2D eigenvalue weighted by molar-refractivity contribution is 7.05. The van der Waals surface area contributed by atoms with Gasteiger partial charge in [-0.15, -0.1) is 5.10 Å². The molecule has 1 aromatic heterocycles. The molecule has 0 aliphatic rings. The van der Waals surface area contributed by atoms with Crippen LogP contribution in [0.1, 0.15) is 27.7 Å². The van der Waals surface area contributed by atoms with E-state index in [9.17, 15) is 4.39 Å². The van der Waals surface area contributed by atoms with E-state index in [-0.39, 0.29) is 11.9 Å². The highest BCUT2D eigenvalue weighted by Crippen LogP contribution is 2.23. The fourth-order valence-corrected chi connectivity index (χ4v) is 2.44. The number of benzene rings is 1. The molecule has 1 unspecified atom stereocenters. The van der Waals surface area contributed by atoms with Crippen molar-refractivity contribution in [3.05, 3.63) is 45.7 Å². The molecule has 0 amide bonds. The summed E-state index contributed by atoms with van der Waals surface area (Å²) in [5.74, 6) is -0.213. The first kappa shape index (κ1) is 12.1. The summed E-state index contributed by atoms with van der Waals surface area (Å²) in [5, 5.41) is 3.94. The SMILES string of the molecule is Cc1cc(F)ccc1CC(N)c1snnc1C. The molecule has 1 aromatic carbocycles. The van der Waals surface area contributed by atoms with Gasteiger partial charge in [-0.3, -0.25) is 0 Å². The van der Waals surface area contributed by atoms with Crippen molar-refractivity contribution in [3.8, 4) is 0 Å². The molecular formula is C12H14FN3S. The topological polar surface area (TPSA) is 51.8 Å². The molecule has 0 radical (unpaired) electrons. The maximum absolute atomic E-state index is 13.0. The molecule has 3 nitrogen and oxygen atoms in total. The normalized spacial score (nSPS) is 12.7. The average Bonchev–Trinajstić information content (AvgIpc) is 2.68. The van der Waals surface area contributed by atoms with E-state index in [4.69, 9.17) is 5.73 Å². The first-order valence-corrected chi connectivity index (χ1v) is 6.14. The van der Waals surface area contributed by atoms with Gasteiger partial charge in [-0.2, -0.15) is 0 Å². The maximum Gasteiger partial charge on any atom is 0.123 e. The van der Waals surface area contributed by atoms with Crippen LogP contribution in [-0.2, 0) is 6.42 Å². The molecule has 2 rings (SSSR count). The Hall–Kier alpha value is -1.33. The molecule has 5 heteroatoms. The van der Waals surface area contributed by atoms with Gasteiger partial charge in [0, 0.05) is 6.04 Å². The molecule has 1 atom stereocenters. The molecule has 1 heterocycles. The molecule has 0 saturated carbocycles. The molecule has 0 saturated heterocycles. The second-order valence-electron chi connectivity index (χ2n) is 4.10. The second-order valence-corrected chi connectivity index (χ2v) is 4.89. The van der Waals surface area contributed by atoms with Gasteiger partial charge in [-0.05, 0) is 55.1 Å². The molecule has 0 aliphatic carbocycles. The van der Waals surface area contributed by atoms with Crippen LogP contribution < -0.4 is 5.73 Å². The zero-order chi connectivity index (χ0) is 12.4. The lowest BCUT2D eigenvalue weighted by Crippen LogP contribution is -2.13. The van der Waals surface area contributed by atoms with Crippen molar-refractivity contribution in [3.63, 3.8) is 0 Å². The fourth-order valence-electron chi connectivity index (χ4n) is 1.79. The second kappa shape index (κ2) is 4.89. The van der Waals surface area contributed by atoms with Crippen LogP contribution in [-0.4, -0.2) is 9.59 Å². The Morgan fingerprint density at radius 2 is 2.18 bits per heavy atom. The molecule has 0 spiro atoms. The Labute approximate surface area is 104 Å². The summed E-state index contributed by atoms with van der Waals surface area (Å²) in [7, 11) is 0. The first-order valence-electron chi connectivity index (χ1n) is 5.37.